The zero-order valence-corrected chi connectivity index (χ0v) is 15.4. The Labute approximate surface area is 154 Å². The van der Waals surface area contributed by atoms with E-state index in [1.807, 2.05) is 30.0 Å². The summed E-state index contributed by atoms with van der Waals surface area (Å²) in [7, 11) is 1.62. The summed E-state index contributed by atoms with van der Waals surface area (Å²) in [6, 6.07) is 5.58. The lowest BCUT2D eigenvalue weighted by Gasteiger charge is -2.24. The number of hydrogen-bond donors (Lipinski definition) is 1. The minimum absolute atomic E-state index is 0.00127. The third kappa shape index (κ3) is 2.66. The first-order valence-electron chi connectivity index (χ1n) is 8.52. The van der Waals surface area contributed by atoms with Gasteiger partial charge >= 0.3 is 0 Å². The molecule has 0 spiro atoms. The number of amides is 2. The summed E-state index contributed by atoms with van der Waals surface area (Å²) in [5.41, 5.74) is 2.08. The molecule has 1 atom stereocenters. The molecular formula is C18H19N5O2S. The molecule has 1 fully saturated rings. The van der Waals surface area contributed by atoms with Crippen molar-refractivity contribution in [2.24, 2.45) is 0 Å². The molecule has 0 aromatic carbocycles. The quantitative estimate of drug-likeness (QED) is 0.769. The first-order valence-corrected chi connectivity index (χ1v) is 9.34. The van der Waals surface area contributed by atoms with E-state index >= 15 is 0 Å². The van der Waals surface area contributed by atoms with Crippen LogP contribution in [0.5, 0.6) is 0 Å². The van der Waals surface area contributed by atoms with Gasteiger partial charge < -0.3 is 10.2 Å². The summed E-state index contributed by atoms with van der Waals surface area (Å²) in [6.45, 7) is 2.59. The molecule has 1 saturated heterocycles. The summed E-state index contributed by atoms with van der Waals surface area (Å²) in [5.74, 6) is -0.133. The van der Waals surface area contributed by atoms with Crippen molar-refractivity contribution in [3.05, 3.63) is 51.6 Å². The molecule has 7 nitrogen and oxygen atoms in total. The molecule has 1 aliphatic rings. The lowest BCUT2D eigenvalue weighted by molar-refractivity contribution is 0.0735. The van der Waals surface area contributed by atoms with E-state index in [1.165, 1.54) is 11.3 Å². The van der Waals surface area contributed by atoms with Crippen LogP contribution in [0, 0.1) is 6.92 Å². The Hall–Kier alpha value is -2.74. The van der Waals surface area contributed by atoms with Crippen LogP contribution in [0.1, 0.15) is 49.5 Å². The maximum atomic E-state index is 13.2. The van der Waals surface area contributed by atoms with Crippen LogP contribution >= 0.6 is 11.3 Å². The van der Waals surface area contributed by atoms with Gasteiger partial charge in [-0.05, 0) is 31.9 Å². The van der Waals surface area contributed by atoms with Crippen molar-refractivity contribution in [3.63, 3.8) is 0 Å². The molecule has 0 aliphatic carbocycles. The SMILES string of the molecule is CNC(=O)c1ccc([C@@H]2CCCN2C(=O)c2cnc3ccnn3c2C)s1. The lowest BCUT2D eigenvalue weighted by Crippen LogP contribution is -2.31. The summed E-state index contributed by atoms with van der Waals surface area (Å²) >= 11 is 1.45. The number of hydrogen-bond acceptors (Lipinski definition) is 5. The number of aromatic nitrogens is 3. The van der Waals surface area contributed by atoms with Gasteiger partial charge in [0.1, 0.15) is 0 Å². The van der Waals surface area contributed by atoms with E-state index < -0.39 is 0 Å². The zero-order valence-electron chi connectivity index (χ0n) is 14.6. The van der Waals surface area contributed by atoms with Gasteiger partial charge in [0, 0.05) is 30.7 Å². The number of nitrogens with one attached hydrogen (secondary N) is 1. The van der Waals surface area contributed by atoms with Crippen molar-refractivity contribution in [2.75, 3.05) is 13.6 Å². The predicted octanol–water partition coefficient (Wildman–Crippen LogP) is 2.44. The van der Waals surface area contributed by atoms with Crippen LogP contribution in [0.25, 0.3) is 5.65 Å². The van der Waals surface area contributed by atoms with Crippen LogP contribution in [-0.2, 0) is 0 Å². The van der Waals surface area contributed by atoms with E-state index in [0.29, 0.717) is 17.0 Å². The van der Waals surface area contributed by atoms with Gasteiger partial charge in [-0.3, -0.25) is 9.59 Å². The van der Waals surface area contributed by atoms with E-state index in [2.05, 4.69) is 15.4 Å². The van der Waals surface area contributed by atoms with E-state index in [1.54, 1.807) is 24.0 Å². The molecule has 0 unspecified atom stereocenters. The Morgan fingerprint density at radius 2 is 2.15 bits per heavy atom. The average Bonchev–Trinajstić information content (AvgIpc) is 3.39. The Morgan fingerprint density at radius 3 is 2.96 bits per heavy atom. The summed E-state index contributed by atoms with van der Waals surface area (Å²) in [6.07, 6.45) is 5.15. The van der Waals surface area contributed by atoms with Crippen LogP contribution in [0.4, 0.5) is 0 Å². The lowest BCUT2D eigenvalue weighted by atomic mass is 10.1. The van der Waals surface area contributed by atoms with Gasteiger partial charge in [-0.25, -0.2) is 9.50 Å². The highest BCUT2D eigenvalue weighted by Gasteiger charge is 2.33. The molecular weight excluding hydrogens is 350 g/mol. The summed E-state index contributed by atoms with van der Waals surface area (Å²) in [5, 5.41) is 6.88. The maximum absolute atomic E-state index is 13.2. The number of likely N-dealkylation sites (tertiary alicyclic amines) is 1. The molecule has 2 amide bonds. The van der Waals surface area contributed by atoms with Gasteiger partial charge in [0.25, 0.3) is 11.8 Å². The van der Waals surface area contributed by atoms with Crippen LogP contribution in [0.3, 0.4) is 0 Å². The maximum Gasteiger partial charge on any atom is 0.261 e. The van der Waals surface area contributed by atoms with E-state index in [4.69, 9.17) is 0 Å². The Balaban J connectivity index is 1.65. The fraction of sp³-hybridized carbons (Fsp3) is 0.333. The number of carbonyl (C=O) groups excluding carboxylic acids is 2. The number of rotatable bonds is 3. The normalized spacial score (nSPS) is 17.0. The molecule has 1 N–H and O–H groups in total. The third-order valence-corrected chi connectivity index (χ3v) is 5.99. The number of fused-ring (bicyclic) bond motifs is 1. The first kappa shape index (κ1) is 16.7. The van der Waals surface area contributed by atoms with Gasteiger partial charge in [-0.15, -0.1) is 11.3 Å². The fourth-order valence-corrected chi connectivity index (χ4v) is 4.54. The second kappa shape index (κ2) is 6.53. The van der Waals surface area contributed by atoms with Gasteiger partial charge in [0.05, 0.1) is 28.4 Å². The fourth-order valence-electron chi connectivity index (χ4n) is 3.44. The summed E-state index contributed by atoms with van der Waals surface area (Å²) < 4.78 is 1.69. The second-order valence-electron chi connectivity index (χ2n) is 6.30. The molecule has 0 saturated carbocycles. The molecule has 3 aromatic rings. The van der Waals surface area contributed by atoms with Gasteiger partial charge in [0.2, 0.25) is 0 Å². The van der Waals surface area contributed by atoms with Crippen molar-refractivity contribution in [2.45, 2.75) is 25.8 Å². The largest absolute Gasteiger partial charge is 0.354 e. The smallest absolute Gasteiger partial charge is 0.261 e. The minimum atomic E-state index is -0.0960. The monoisotopic (exact) mass is 369 g/mol. The first-order chi connectivity index (χ1) is 12.6. The van der Waals surface area contributed by atoms with Gasteiger partial charge in [-0.1, -0.05) is 0 Å². The number of aryl methyl sites for hydroxylation is 1. The molecule has 4 heterocycles. The molecule has 0 bridgehead atoms. The van der Waals surface area contributed by atoms with E-state index in [0.717, 1.165) is 29.1 Å². The third-order valence-electron chi connectivity index (χ3n) is 4.81. The van der Waals surface area contributed by atoms with Gasteiger partial charge in [0.15, 0.2) is 5.65 Å². The van der Waals surface area contributed by atoms with Crippen molar-refractivity contribution in [3.8, 4) is 0 Å². The van der Waals surface area contributed by atoms with Crippen molar-refractivity contribution in [1.29, 1.82) is 0 Å². The van der Waals surface area contributed by atoms with Crippen molar-refractivity contribution >= 4 is 28.8 Å². The molecule has 4 rings (SSSR count). The van der Waals surface area contributed by atoms with E-state index in [-0.39, 0.29) is 17.9 Å². The standard InChI is InChI=1S/C18H19N5O2S/c1-11-12(10-20-16-7-8-21-23(11)16)18(25)22-9-3-4-13(22)14-5-6-15(26-14)17(24)19-2/h5-8,10,13H,3-4,9H2,1-2H3,(H,19,24)/t13-/m0/s1. The topological polar surface area (TPSA) is 79.6 Å². The number of nitrogens with zero attached hydrogens (tertiary/aromatic N) is 4. The zero-order chi connectivity index (χ0) is 18.3. The second-order valence-corrected chi connectivity index (χ2v) is 7.41. The highest BCUT2D eigenvalue weighted by atomic mass is 32.1. The molecule has 8 heteroatoms. The summed E-state index contributed by atoms with van der Waals surface area (Å²) in [4.78, 5) is 32.9. The Kier molecular flexibility index (Phi) is 4.20. The van der Waals surface area contributed by atoms with Gasteiger partial charge in [-0.2, -0.15) is 5.10 Å². The Morgan fingerprint density at radius 1 is 1.31 bits per heavy atom. The molecule has 3 aromatic heterocycles. The number of thiophene rings is 1. The predicted molar refractivity (Wildman–Crippen MR) is 98.4 cm³/mol. The average molecular weight is 369 g/mol. The highest BCUT2D eigenvalue weighted by Crippen LogP contribution is 2.37. The molecule has 0 radical (unpaired) electrons. The highest BCUT2D eigenvalue weighted by molar-refractivity contribution is 7.14. The Bertz CT molecular complexity index is 993. The van der Waals surface area contributed by atoms with Crippen LogP contribution in [0.2, 0.25) is 0 Å². The number of carbonyl (C=O) groups is 2. The molecule has 1 aliphatic heterocycles. The molecule has 134 valence electrons. The van der Waals surface area contributed by atoms with Crippen LogP contribution in [-0.4, -0.2) is 44.9 Å². The van der Waals surface area contributed by atoms with Crippen molar-refractivity contribution in [1.82, 2.24) is 24.8 Å². The van der Waals surface area contributed by atoms with E-state index in [9.17, 15) is 9.59 Å². The van der Waals surface area contributed by atoms with Crippen LogP contribution in [0.15, 0.2) is 30.6 Å². The molecule has 26 heavy (non-hydrogen) atoms. The van der Waals surface area contributed by atoms with Crippen LogP contribution < -0.4 is 5.32 Å². The van der Waals surface area contributed by atoms with Crippen molar-refractivity contribution < 1.29 is 9.59 Å². The minimum Gasteiger partial charge on any atom is -0.354 e.